The highest BCUT2D eigenvalue weighted by molar-refractivity contribution is 6.30. The number of anilines is 1. The van der Waals surface area contributed by atoms with E-state index in [1.165, 1.54) is 18.3 Å². The summed E-state index contributed by atoms with van der Waals surface area (Å²) in [6.45, 7) is 2.00. The van der Waals surface area contributed by atoms with Crippen LogP contribution >= 0.6 is 11.6 Å². The monoisotopic (exact) mass is 522 g/mol. The molecule has 1 aliphatic rings. The Morgan fingerprint density at radius 2 is 1.97 bits per heavy atom. The number of benzene rings is 1. The van der Waals surface area contributed by atoms with Gasteiger partial charge >= 0.3 is 6.18 Å². The van der Waals surface area contributed by atoms with Gasteiger partial charge in [-0.2, -0.15) is 18.3 Å². The molecule has 0 amide bonds. The Hall–Kier alpha value is -3.51. The van der Waals surface area contributed by atoms with Crippen molar-refractivity contribution >= 4 is 23.1 Å². The molecular weight excluding hydrogens is 504 g/mol. The highest BCUT2D eigenvalue weighted by Crippen LogP contribution is 2.33. The molecule has 3 aromatic heterocycles. The standard InChI is InChI=1S/C23H19ClF4N6O2/c1-12-19(23(26,27)28)22(35)34-11-18(33-5-6-36-17(10-33)13-8-29-32(2)9-13)31-20(21(34)30-12)15-4-3-14(24)7-16(15)25/h3-4,7-9,11,17H,5-6,10H2,1-2H3/t17-/m1/s1. The molecular formula is C23H19ClF4N6O2. The number of halogens is 5. The quantitative estimate of drug-likeness (QED) is 0.376. The number of ether oxygens (including phenoxy) is 1. The average Bonchev–Trinajstić information content (AvgIpc) is 3.24. The maximum absolute atomic E-state index is 14.9. The molecule has 36 heavy (non-hydrogen) atoms. The van der Waals surface area contributed by atoms with Crippen LogP contribution in [0.25, 0.3) is 16.9 Å². The molecule has 1 atom stereocenters. The normalized spacial score (nSPS) is 16.6. The first-order valence-corrected chi connectivity index (χ1v) is 11.2. The maximum atomic E-state index is 14.9. The number of hydrogen-bond donors (Lipinski definition) is 0. The van der Waals surface area contributed by atoms with Crippen molar-refractivity contribution in [3.8, 4) is 11.3 Å². The second-order valence-electron chi connectivity index (χ2n) is 8.39. The summed E-state index contributed by atoms with van der Waals surface area (Å²) < 4.78 is 64.2. The van der Waals surface area contributed by atoms with Gasteiger partial charge in [-0.3, -0.25) is 13.9 Å². The zero-order chi connectivity index (χ0) is 25.8. The molecule has 0 aliphatic carbocycles. The molecule has 0 spiro atoms. The van der Waals surface area contributed by atoms with Crippen molar-refractivity contribution in [2.24, 2.45) is 7.05 Å². The van der Waals surface area contributed by atoms with E-state index in [1.54, 1.807) is 29.0 Å². The van der Waals surface area contributed by atoms with Gasteiger partial charge in [0.1, 0.15) is 29.0 Å². The van der Waals surface area contributed by atoms with E-state index in [-0.39, 0.29) is 40.4 Å². The first-order valence-electron chi connectivity index (χ1n) is 10.8. The molecule has 0 radical (unpaired) electrons. The Morgan fingerprint density at radius 3 is 2.64 bits per heavy atom. The van der Waals surface area contributed by atoms with Gasteiger partial charge in [-0.1, -0.05) is 11.6 Å². The van der Waals surface area contributed by atoms with Crippen molar-refractivity contribution in [3.63, 3.8) is 0 Å². The summed E-state index contributed by atoms with van der Waals surface area (Å²) in [6, 6.07) is 3.83. The van der Waals surface area contributed by atoms with Gasteiger partial charge in [0.25, 0.3) is 5.56 Å². The number of hydrogen-bond acceptors (Lipinski definition) is 6. The van der Waals surface area contributed by atoms with Crippen LogP contribution in [0.4, 0.5) is 23.4 Å². The summed E-state index contributed by atoms with van der Waals surface area (Å²) in [6.07, 6.45) is -0.664. The van der Waals surface area contributed by atoms with Crippen LogP contribution in [0.15, 0.2) is 41.6 Å². The van der Waals surface area contributed by atoms with Gasteiger partial charge in [-0.05, 0) is 25.1 Å². The van der Waals surface area contributed by atoms with Crippen LogP contribution in [-0.2, 0) is 18.0 Å². The molecule has 0 saturated carbocycles. The first-order chi connectivity index (χ1) is 17.0. The van der Waals surface area contributed by atoms with Crippen LogP contribution in [0.2, 0.25) is 5.02 Å². The third-order valence-electron chi connectivity index (χ3n) is 5.94. The minimum Gasteiger partial charge on any atom is -0.370 e. The molecule has 0 unspecified atom stereocenters. The summed E-state index contributed by atoms with van der Waals surface area (Å²) in [5.41, 5.74) is -2.77. The van der Waals surface area contributed by atoms with Crippen molar-refractivity contribution in [1.82, 2.24) is 24.1 Å². The zero-order valence-electron chi connectivity index (χ0n) is 19.1. The molecule has 5 rings (SSSR count). The molecule has 4 aromatic rings. The first kappa shape index (κ1) is 24.2. The van der Waals surface area contributed by atoms with Crippen LogP contribution in [0, 0.1) is 12.7 Å². The van der Waals surface area contributed by atoms with Crippen LogP contribution in [0.3, 0.4) is 0 Å². The lowest BCUT2D eigenvalue weighted by atomic mass is 10.1. The SMILES string of the molecule is Cc1nc2c(-c3ccc(Cl)cc3F)nc(N3CCO[C@@H](c4cnn(C)c4)C3)cn2c(=O)c1C(F)(F)F. The Morgan fingerprint density at radius 1 is 1.19 bits per heavy atom. The van der Waals surface area contributed by atoms with Crippen molar-refractivity contribution < 1.29 is 22.3 Å². The Bertz CT molecular complexity index is 1530. The van der Waals surface area contributed by atoms with Gasteiger partial charge in [0, 0.05) is 35.9 Å². The molecule has 1 aromatic carbocycles. The Kier molecular flexibility index (Phi) is 5.95. The lowest BCUT2D eigenvalue weighted by molar-refractivity contribution is -0.139. The van der Waals surface area contributed by atoms with Gasteiger partial charge in [-0.25, -0.2) is 14.4 Å². The fraction of sp³-hybridized carbons (Fsp3) is 0.304. The summed E-state index contributed by atoms with van der Waals surface area (Å²) in [5.74, 6) is -0.582. The van der Waals surface area contributed by atoms with E-state index in [0.717, 1.165) is 23.0 Å². The Balaban J connectivity index is 1.72. The van der Waals surface area contributed by atoms with Crippen molar-refractivity contribution in [3.05, 3.63) is 74.8 Å². The second kappa shape index (κ2) is 8.86. The lowest BCUT2D eigenvalue weighted by Gasteiger charge is -2.33. The van der Waals surface area contributed by atoms with Gasteiger partial charge in [-0.15, -0.1) is 0 Å². The predicted octanol–water partition coefficient (Wildman–Crippen LogP) is 4.19. The lowest BCUT2D eigenvalue weighted by Crippen LogP contribution is -2.39. The molecule has 4 heterocycles. The molecule has 1 saturated heterocycles. The zero-order valence-corrected chi connectivity index (χ0v) is 19.8. The molecule has 1 fully saturated rings. The van der Waals surface area contributed by atoms with Gasteiger partial charge in [0.15, 0.2) is 5.65 Å². The van der Waals surface area contributed by atoms with Gasteiger partial charge in [0.2, 0.25) is 0 Å². The summed E-state index contributed by atoms with van der Waals surface area (Å²) in [4.78, 5) is 23.4. The van der Waals surface area contributed by atoms with Gasteiger partial charge < -0.3 is 9.64 Å². The average molecular weight is 523 g/mol. The van der Waals surface area contributed by atoms with Crippen LogP contribution in [0.1, 0.15) is 22.9 Å². The summed E-state index contributed by atoms with van der Waals surface area (Å²) in [7, 11) is 1.77. The fourth-order valence-corrected chi connectivity index (χ4v) is 4.40. The van der Waals surface area contributed by atoms with Crippen LogP contribution in [-0.4, -0.2) is 43.8 Å². The third kappa shape index (κ3) is 4.30. The van der Waals surface area contributed by atoms with Crippen molar-refractivity contribution in [2.75, 3.05) is 24.6 Å². The van der Waals surface area contributed by atoms with E-state index < -0.39 is 28.8 Å². The minimum absolute atomic E-state index is 0.0538. The van der Waals surface area contributed by atoms with E-state index in [1.807, 2.05) is 0 Å². The summed E-state index contributed by atoms with van der Waals surface area (Å²) in [5, 5.41) is 4.27. The number of aromatic nitrogens is 5. The highest BCUT2D eigenvalue weighted by atomic mass is 35.5. The molecule has 1 aliphatic heterocycles. The van der Waals surface area contributed by atoms with Crippen molar-refractivity contribution in [1.29, 1.82) is 0 Å². The van der Waals surface area contributed by atoms with Crippen molar-refractivity contribution in [2.45, 2.75) is 19.2 Å². The van der Waals surface area contributed by atoms with E-state index in [4.69, 9.17) is 16.3 Å². The van der Waals surface area contributed by atoms with Crippen LogP contribution in [0.5, 0.6) is 0 Å². The highest BCUT2D eigenvalue weighted by Gasteiger charge is 2.38. The molecule has 0 N–H and O–H groups in total. The summed E-state index contributed by atoms with van der Waals surface area (Å²) >= 11 is 5.89. The van der Waals surface area contributed by atoms with E-state index in [2.05, 4.69) is 15.1 Å². The van der Waals surface area contributed by atoms with Gasteiger partial charge in [0.05, 0.1) is 31.2 Å². The van der Waals surface area contributed by atoms with E-state index in [0.29, 0.717) is 13.2 Å². The molecule has 0 bridgehead atoms. The number of rotatable bonds is 3. The Labute approximate surface area is 206 Å². The number of alkyl halides is 3. The number of fused-ring (bicyclic) bond motifs is 1. The molecule has 13 heteroatoms. The number of nitrogens with zero attached hydrogens (tertiary/aromatic N) is 6. The third-order valence-corrected chi connectivity index (χ3v) is 6.17. The largest absolute Gasteiger partial charge is 0.423 e. The molecule has 8 nitrogen and oxygen atoms in total. The maximum Gasteiger partial charge on any atom is 0.423 e. The topological polar surface area (TPSA) is 77.6 Å². The number of aryl methyl sites for hydroxylation is 2. The molecule has 188 valence electrons. The smallest absolute Gasteiger partial charge is 0.370 e. The minimum atomic E-state index is -4.92. The van der Waals surface area contributed by atoms with Crippen LogP contribution < -0.4 is 10.5 Å². The number of morpholine rings is 1. The van der Waals surface area contributed by atoms with E-state index in [9.17, 15) is 22.4 Å². The predicted molar refractivity (Wildman–Crippen MR) is 124 cm³/mol. The fourth-order valence-electron chi connectivity index (χ4n) is 4.24. The second-order valence-corrected chi connectivity index (χ2v) is 8.83. The van der Waals surface area contributed by atoms with E-state index >= 15 is 0 Å².